The number of aliphatic hydroxyl groups excluding tert-OH is 5. The van der Waals surface area contributed by atoms with Crippen molar-refractivity contribution in [2.45, 2.75) is 217 Å². The number of esters is 2. The highest BCUT2D eigenvalue weighted by atomic mass is 31.2. The van der Waals surface area contributed by atoms with Crippen molar-refractivity contribution in [3.63, 3.8) is 0 Å². The maximum absolute atomic E-state index is 12.8. The zero-order valence-corrected chi connectivity index (χ0v) is 34.2. The minimum atomic E-state index is -5.11. The molecule has 0 bridgehead atoms. The Morgan fingerprint density at radius 1 is 0.556 bits per heavy atom. The minimum Gasteiger partial charge on any atom is -0.462 e. The Morgan fingerprint density at radius 2 is 0.963 bits per heavy atom. The molecule has 0 aromatic rings. The second-order valence-electron chi connectivity index (χ2n) is 14.8. The van der Waals surface area contributed by atoms with Crippen molar-refractivity contribution in [2.24, 2.45) is 0 Å². The molecule has 0 aliphatic heterocycles. The van der Waals surface area contributed by atoms with Crippen LogP contribution in [0.3, 0.4) is 0 Å². The van der Waals surface area contributed by atoms with Crippen molar-refractivity contribution in [2.75, 3.05) is 13.2 Å². The number of carbonyl (C=O) groups is 2. The second-order valence-corrected chi connectivity index (χ2v) is 16.3. The van der Waals surface area contributed by atoms with E-state index in [-0.39, 0.29) is 12.8 Å². The van der Waals surface area contributed by atoms with Gasteiger partial charge in [-0.05, 0) is 32.1 Å². The molecule has 0 amide bonds. The van der Waals surface area contributed by atoms with E-state index in [0.717, 1.165) is 57.8 Å². The fourth-order valence-corrected chi connectivity index (χ4v) is 7.36. The molecule has 3 unspecified atom stereocenters. The van der Waals surface area contributed by atoms with Crippen LogP contribution in [0.4, 0.5) is 0 Å². The van der Waals surface area contributed by atoms with E-state index in [1.54, 1.807) is 0 Å². The average Bonchev–Trinajstić information content (AvgIpc) is 3.15. The number of phosphoric acid groups is 1. The first-order valence-electron chi connectivity index (χ1n) is 21.0. The van der Waals surface area contributed by atoms with Gasteiger partial charge in [0.25, 0.3) is 0 Å². The predicted octanol–water partition coefficient (Wildman–Crippen LogP) is 7.11. The highest BCUT2D eigenvalue weighted by Gasteiger charge is 2.51. The van der Waals surface area contributed by atoms with Crippen LogP contribution in [0.5, 0.6) is 0 Å². The number of carbonyl (C=O) groups excluding carboxylic acids is 2. The third-order valence-electron chi connectivity index (χ3n) is 9.86. The van der Waals surface area contributed by atoms with Crippen LogP contribution < -0.4 is 0 Å². The summed E-state index contributed by atoms with van der Waals surface area (Å²) in [6, 6.07) is 0. The van der Waals surface area contributed by atoms with Gasteiger partial charge in [-0.15, -0.1) is 0 Å². The normalized spacial score (nSPS) is 23.3. The number of phosphoric ester groups is 1. The Morgan fingerprint density at radius 3 is 1.46 bits per heavy atom. The molecule has 1 fully saturated rings. The molecule has 0 spiro atoms. The summed E-state index contributed by atoms with van der Waals surface area (Å²) in [6.45, 7) is 3.23. The Kier molecular flexibility index (Phi) is 29.7. The Labute approximate surface area is 324 Å². The first-order valence-corrected chi connectivity index (χ1v) is 22.5. The Balaban J connectivity index is 2.50. The lowest BCUT2D eigenvalue weighted by molar-refractivity contribution is -0.220. The fourth-order valence-electron chi connectivity index (χ4n) is 6.39. The fraction of sp³-hybridized carbons (Fsp3) is 0.900. The summed E-state index contributed by atoms with van der Waals surface area (Å²) >= 11 is 0. The van der Waals surface area contributed by atoms with Crippen molar-refractivity contribution < 1.29 is 63.1 Å². The van der Waals surface area contributed by atoms with Crippen LogP contribution in [0.1, 0.15) is 174 Å². The van der Waals surface area contributed by atoms with Crippen LogP contribution in [-0.2, 0) is 32.7 Å². The van der Waals surface area contributed by atoms with E-state index in [2.05, 4.69) is 26.0 Å². The molecule has 0 radical (unpaired) electrons. The molecule has 1 saturated carbocycles. The van der Waals surface area contributed by atoms with E-state index in [9.17, 15) is 44.6 Å². The SMILES string of the molecule is CCCC/C=C\CCCCCCCC(=O)O[C@H](COC(=O)CCCCCCCCCCCCCCCC)COP(=O)(O)OC1[C@H](O)[C@H](O)C(O)[C@H](O)[C@H]1O. The molecular formula is C40H75O13P. The molecule has 13 nitrogen and oxygen atoms in total. The summed E-state index contributed by atoms with van der Waals surface area (Å²) in [6.07, 6.45) is 17.1. The summed E-state index contributed by atoms with van der Waals surface area (Å²) in [4.78, 5) is 35.5. The van der Waals surface area contributed by atoms with Crippen LogP contribution in [-0.4, -0.2) is 98.3 Å². The van der Waals surface area contributed by atoms with Crippen molar-refractivity contribution in [1.29, 1.82) is 0 Å². The second kappa shape index (κ2) is 31.6. The third kappa shape index (κ3) is 24.3. The largest absolute Gasteiger partial charge is 0.472 e. The number of aliphatic hydroxyl groups is 5. The van der Waals surface area contributed by atoms with Crippen molar-refractivity contribution in [3.8, 4) is 0 Å². The van der Waals surface area contributed by atoms with Crippen LogP contribution in [0.25, 0.3) is 0 Å². The van der Waals surface area contributed by atoms with Crippen LogP contribution in [0.15, 0.2) is 12.2 Å². The van der Waals surface area contributed by atoms with Gasteiger partial charge in [-0.25, -0.2) is 4.57 Å². The first kappa shape index (κ1) is 50.6. The number of ether oxygens (including phenoxy) is 2. The molecule has 318 valence electrons. The van der Waals surface area contributed by atoms with Crippen LogP contribution >= 0.6 is 7.82 Å². The molecule has 1 rings (SSSR count). The minimum absolute atomic E-state index is 0.0895. The van der Waals surface area contributed by atoms with Gasteiger partial charge in [0.15, 0.2) is 6.10 Å². The van der Waals surface area contributed by atoms with E-state index in [1.165, 1.54) is 77.0 Å². The number of rotatable bonds is 34. The maximum atomic E-state index is 12.8. The van der Waals surface area contributed by atoms with Gasteiger partial charge in [0.2, 0.25) is 0 Å². The number of allylic oxidation sites excluding steroid dienone is 2. The van der Waals surface area contributed by atoms with E-state index in [0.29, 0.717) is 12.8 Å². The third-order valence-corrected chi connectivity index (χ3v) is 10.8. The van der Waals surface area contributed by atoms with Crippen molar-refractivity contribution in [1.82, 2.24) is 0 Å². The van der Waals surface area contributed by atoms with Gasteiger partial charge in [0.1, 0.15) is 43.2 Å². The molecule has 14 heteroatoms. The summed E-state index contributed by atoms with van der Waals surface area (Å²) in [5, 5.41) is 50.0. The highest BCUT2D eigenvalue weighted by molar-refractivity contribution is 7.47. The van der Waals surface area contributed by atoms with Gasteiger partial charge >= 0.3 is 19.8 Å². The lowest BCUT2D eigenvalue weighted by atomic mass is 9.85. The summed E-state index contributed by atoms with van der Waals surface area (Å²) in [5.74, 6) is -1.11. The summed E-state index contributed by atoms with van der Waals surface area (Å²) < 4.78 is 33.4. The number of hydrogen-bond acceptors (Lipinski definition) is 12. The van der Waals surface area contributed by atoms with Crippen LogP contribution in [0.2, 0.25) is 0 Å². The number of unbranched alkanes of at least 4 members (excludes halogenated alkanes) is 20. The summed E-state index contributed by atoms with van der Waals surface area (Å²) in [7, 11) is -5.11. The molecule has 1 aliphatic carbocycles. The topological polar surface area (TPSA) is 210 Å². The summed E-state index contributed by atoms with van der Waals surface area (Å²) in [5.41, 5.74) is 0. The molecule has 0 saturated heterocycles. The molecule has 54 heavy (non-hydrogen) atoms. The zero-order valence-electron chi connectivity index (χ0n) is 33.3. The molecule has 0 heterocycles. The molecular weight excluding hydrogens is 719 g/mol. The standard InChI is InChI=1S/C40H75O13P/c1-3-5-7-9-11-13-15-16-17-19-20-22-24-26-28-33(41)50-30-32(52-34(42)29-27-25-23-21-18-14-12-10-8-6-4-2)31-51-54(48,49)53-40-38(46)36(44)35(43)37(45)39(40)47/h10,12,32,35-40,43-47H,3-9,11,13-31H2,1-2H3,(H,48,49)/b12-10-/t32-,35?,36-,37+,38-,39-,40?/m1/s1. The zero-order chi connectivity index (χ0) is 40.0. The lowest BCUT2D eigenvalue weighted by Gasteiger charge is -2.41. The van der Waals surface area contributed by atoms with E-state index >= 15 is 0 Å². The van der Waals surface area contributed by atoms with Gasteiger partial charge in [0.05, 0.1) is 6.61 Å². The maximum Gasteiger partial charge on any atom is 0.472 e. The van der Waals surface area contributed by atoms with Gasteiger partial charge in [-0.3, -0.25) is 18.6 Å². The average molecular weight is 795 g/mol. The Hall–Kier alpha value is -1.41. The highest BCUT2D eigenvalue weighted by Crippen LogP contribution is 2.47. The number of hydrogen-bond donors (Lipinski definition) is 6. The Bertz CT molecular complexity index is 1010. The monoisotopic (exact) mass is 794 g/mol. The molecule has 6 N–H and O–H groups in total. The quantitative estimate of drug-likeness (QED) is 0.0166. The van der Waals surface area contributed by atoms with Gasteiger partial charge < -0.3 is 39.9 Å². The van der Waals surface area contributed by atoms with E-state index < -0.39 is 75.7 Å². The van der Waals surface area contributed by atoms with Crippen molar-refractivity contribution in [3.05, 3.63) is 12.2 Å². The van der Waals surface area contributed by atoms with E-state index in [4.69, 9.17) is 18.5 Å². The van der Waals surface area contributed by atoms with Crippen LogP contribution in [0, 0.1) is 0 Å². The molecule has 8 atom stereocenters. The smallest absolute Gasteiger partial charge is 0.462 e. The first-order chi connectivity index (χ1) is 25.9. The van der Waals surface area contributed by atoms with Crippen molar-refractivity contribution >= 4 is 19.8 Å². The molecule has 1 aliphatic rings. The van der Waals surface area contributed by atoms with Gasteiger partial charge in [-0.2, -0.15) is 0 Å². The molecule has 0 aromatic carbocycles. The van der Waals surface area contributed by atoms with Gasteiger partial charge in [0, 0.05) is 12.8 Å². The predicted molar refractivity (Wildman–Crippen MR) is 207 cm³/mol. The van der Waals surface area contributed by atoms with E-state index in [1.807, 2.05) is 0 Å². The lowest BCUT2D eigenvalue weighted by Crippen LogP contribution is -2.64. The van der Waals surface area contributed by atoms with Gasteiger partial charge in [-0.1, -0.05) is 142 Å². The molecule has 0 aromatic heterocycles.